The third kappa shape index (κ3) is 2.70. The summed E-state index contributed by atoms with van der Waals surface area (Å²) in [6.07, 6.45) is 4.74. The predicted molar refractivity (Wildman–Crippen MR) is 50.9 cm³/mol. The summed E-state index contributed by atoms with van der Waals surface area (Å²) >= 11 is 0. The Balaban J connectivity index is 2.49. The maximum absolute atomic E-state index is 5.91. The SMILES string of the molecule is CC1CCC=C1O[Si](C)(C)C. The lowest BCUT2D eigenvalue weighted by Crippen LogP contribution is -2.25. The third-order valence-corrected chi connectivity index (χ3v) is 2.70. The van der Waals surface area contributed by atoms with E-state index in [1.165, 1.54) is 18.6 Å². The first kappa shape index (κ1) is 8.85. The van der Waals surface area contributed by atoms with Crippen LogP contribution in [-0.2, 0) is 4.43 Å². The zero-order valence-electron chi connectivity index (χ0n) is 7.98. The minimum atomic E-state index is -1.33. The van der Waals surface area contributed by atoms with Crippen molar-refractivity contribution in [3.63, 3.8) is 0 Å². The zero-order chi connectivity index (χ0) is 8.48. The number of rotatable bonds is 2. The van der Waals surface area contributed by atoms with Crippen LogP contribution in [0.25, 0.3) is 0 Å². The smallest absolute Gasteiger partial charge is 0.241 e. The van der Waals surface area contributed by atoms with Crippen molar-refractivity contribution in [3.05, 3.63) is 11.8 Å². The van der Waals surface area contributed by atoms with Gasteiger partial charge in [0.2, 0.25) is 8.32 Å². The second-order valence-electron chi connectivity index (χ2n) is 4.30. The van der Waals surface area contributed by atoms with Crippen LogP contribution >= 0.6 is 0 Å². The molecule has 0 N–H and O–H groups in total. The van der Waals surface area contributed by atoms with Crippen molar-refractivity contribution >= 4 is 8.32 Å². The molecule has 0 aliphatic heterocycles. The summed E-state index contributed by atoms with van der Waals surface area (Å²) in [4.78, 5) is 0. The molecule has 64 valence electrons. The molecule has 1 atom stereocenters. The van der Waals surface area contributed by atoms with E-state index in [1.807, 2.05) is 0 Å². The van der Waals surface area contributed by atoms with Crippen molar-refractivity contribution in [1.82, 2.24) is 0 Å². The minimum absolute atomic E-state index is 0.668. The van der Waals surface area contributed by atoms with E-state index in [9.17, 15) is 0 Å². The highest BCUT2D eigenvalue weighted by Gasteiger charge is 2.22. The predicted octanol–water partition coefficient (Wildman–Crippen LogP) is 3.15. The molecule has 0 aromatic rings. The minimum Gasteiger partial charge on any atom is -0.547 e. The Labute approximate surface area is 70.6 Å². The van der Waals surface area contributed by atoms with Crippen molar-refractivity contribution in [1.29, 1.82) is 0 Å². The Morgan fingerprint density at radius 2 is 2.09 bits per heavy atom. The van der Waals surface area contributed by atoms with Gasteiger partial charge in [0.05, 0.1) is 5.76 Å². The first-order valence-electron chi connectivity index (χ1n) is 4.38. The fourth-order valence-electron chi connectivity index (χ4n) is 1.31. The fraction of sp³-hybridized carbons (Fsp3) is 0.778. The van der Waals surface area contributed by atoms with Crippen molar-refractivity contribution in [3.8, 4) is 0 Å². The topological polar surface area (TPSA) is 9.23 Å². The van der Waals surface area contributed by atoms with Gasteiger partial charge in [0.15, 0.2) is 0 Å². The number of allylic oxidation sites excluding steroid dienone is 2. The molecule has 0 aromatic carbocycles. The van der Waals surface area contributed by atoms with Gasteiger partial charge in [-0.1, -0.05) is 6.92 Å². The highest BCUT2D eigenvalue weighted by atomic mass is 28.4. The molecule has 11 heavy (non-hydrogen) atoms. The lowest BCUT2D eigenvalue weighted by atomic mass is 10.1. The van der Waals surface area contributed by atoms with Gasteiger partial charge in [-0.15, -0.1) is 0 Å². The van der Waals surface area contributed by atoms with Crippen molar-refractivity contribution in [2.75, 3.05) is 0 Å². The molecule has 0 saturated heterocycles. The van der Waals surface area contributed by atoms with Gasteiger partial charge in [-0.25, -0.2) is 0 Å². The first-order chi connectivity index (χ1) is 4.99. The monoisotopic (exact) mass is 170 g/mol. The second-order valence-corrected chi connectivity index (χ2v) is 8.73. The summed E-state index contributed by atoms with van der Waals surface area (Å²) in [6, 6.07) is 0. The van der Waals surface area contributed by atoms with E-state index in [4.69, 9.17) is 4.43 Å². The van der Waals surface area contributed by atoms with Gasteiger partial charge in [0.1, 0.15) is 0 Å². The van der Waals surface area contributed by atoms with Gasteiger partial charge >= 0.3 is 0 Å². The average molecular weight is 170 g/mol. The molecule has 0 spiro atoms. The van der Waals surface area contributed by atoms with E-state index in [2.05, 4.69) is 32.6 Å². The van der Waals surface area contributed by atoms with E-state index in [0.717, 1.165) is 0 Å². The molecule has 0 aromatic heterocycles. The Morgan fingerprint density at radius 3 is 2.45 bits per heavy atom. The summed E-state index contributed by atoms with van der Waals surface area (Å²) in [5, 5.41) is 0. The van der Waals surface area contributed by atoms with Crippen LogP contribution < -0.4 is 0 Å². The third-order valence-electron chi connectivity index (χ3n) is 1.85. The normalized spacial score (nSPS) is 25.1. The highest BCUT2D eigenvalue weighted by Crippen LogP contribution is 2.28. The lowest BCUT2D eigenvalue weighted by molar-refractivity contribution is 0.362. The molecule has 0 saturated carbocycles. The van der Waals surface area contributed by atoms with Crippen LogP contribution in [0.15, 0.2) is 11.8 Å². The van der Waals surface area contributed by atoms with E-state index >= 15 is 0 Å². The van der Waals surface area contributed by atoms with Gasteiger partial charge in [0, 0.05) is 5.92 Å². The molecule has 1 nitrogen and oxygen atoms in total. The molecule has 1 aliphatic rings. The van der Waals surface area contributed by atoms with Crippen molar-refractivity contribution in [2.24, 2.45) is 5.92 Å². The van der Waals surface area contributed by atoms with Crippen molar-refractivity contribution in [2.45, 2.75) is 39.4 Å². The Bertz CT molecular complexity index is 167. The van der Waals surface area contributed by atoms with Gasteiger partial charge in [-0.2, -0.15) is 0 Å². The Morgan fingerprint density at radius 1 is 1.45 bits per heavy atom. The van der Waals surface area contributed by atoms with E-state index in [0.29, 0.717) is 5.92 Å². The number of hydrogen-bond acceptors (Lipinski definition) is 1. The van der Waals surface area contributed by atoms with Gasteiger partial charge < -0.3 is 4.43 Å². The van der Waals surface area contributed by atoms with E-state index in [-0.39, 0.29) is 0 Å². The second kappa shape index (κ2) is 3.01. The molecule has 2 heteroatoms. The maximum atomic E-state index is 5.91. The van der Waals surface area contributed by atoms with E-state index < -0.39 is 8.32 Å². The standard InChI is InChI=1S/C9H18OSi/c1-8-6-5-7-9(8)10-11(2,3)4/h7-8H,5-6H2,1-4H3. The summed E-state index contributed by atoms with van der Waals surface area (Å²) in [7, 11) is -1.33. The van der Waals surface area contributed by atoms with Gasteiger partial charge in [-0.05, 0) is 38.6 Å². The first-order valence-corrected chi connectivity index (χ1v) is 7.79. The summed E-state index contributed by atoms with van der Waals surface area (Å²) in [5.41, 5.74) is 0. The largest absolute Gasteiger partial charge is 0.547 e. The quantitative estimate of drug-likeness (QED) is 0.578. The molecule has 0 heterocycles. The van der Waals surface area contributed by atoms with E-state index in [1.54, 1.807) is 0 Å². The van der Waals surface area contributed by atoms with Crippen LogP contribution in [0.1, 0.15) is 19.8 Å². The summed E-state index contributed by atoms with van der Waals surface area (Å²) in [6.45, 7) is 8.95. The van der Waals surface area contributed by atoms with Gasteiger partial charge in [0.25, 0.3) is 0 Å². The molecule has 0 radical (unpaired) electrons. The molecule has 0 amide bonds. The molecule has 0 bridgehead atoms. The molecular formula is C9H18OSi. The van der Waals surface area contributed by atoms with Crippen LogP contribution in [0.2, 0.25) is 19.6 Å². The fourth-order valence-corrected chi connectivity index (χ4v) is 2.31. The summed E-state index contributed by atoms with van der Waals surface area (Å²) in [5.74, 6) is 1.92. The van der Waals surface area contributed by atoms with Gasteiger partial charge in [-0.3, -0.25) is 0 Å². The maximum Gasteiger partial charge on any atom is 0.241 e. The highest BCUT2D eigenvalue weighted by molar-refractivity contribution is 6.70. The van der Waals surface area contributed by atoms with Crippen LogP contribution in [0.3, 0.4) is 0 Å². The van der Waals surface area contributed by atoms with Crippen LogP contribution in [-0.4, -0.2) is 8.32 Å². The molecule has 0 fully saturated rings. The van der Waals surface area contributed by atoms with Crippen LogP contribution in [0.5, 0.6) is 0 Å². The average Bonchev–Trinajstić information content (AvgIpc) is 2.12. The zero-order valence-corrected chi connectivity index (χ0v) is 8.98. The summed E-state index contributed by atoms with van der Waals surface area (Å²) < 4.78 is 5.91. The van der Waals surface area contributed by atoms with Crippen LogP contribution in [0.4, 0.5) is 0 Å². The van der Waals surface area contributed by atoms with Crippen LogP contribution in [0, 0.1) is 5.92 Å². The molecule has 1 unspecified atom stereocenters. The lowest BCUT2D eigenvalue weighted by Gasteiger charge is -2.22. The number of hydrogen-bond donors (Lipinski definition) is 0. The molecule has 1 aliphatic carbocycles. The Kier molecular flexibility index (Phi) is 2.42. The molecular weight excluding hydrogens is 152 g/mol. The Hall–Kier alpha value is -0.243. The van der Waals surface area contributed by atoms with Crippen molar-refractivity contribution < 1.29 is 4.43 Å². The molecule has 1 rings (SSSR count).